The maximum absolute atomic E-state index is 13.1. The van der Waals surface area contributed by atoms with Crippen LogP contribution in [-0.4, -0.2) is 36.3 Å². The predicted octanol–water partition coefficient (Wildman–Crippen LogP) is 3.72. The molecule has 4 nitrogen and oxygen atoms in total. The summed E-state index contributed by atoms with van der Waals surface area (Å²) in [6, 6.07) is 22.7. The van der Waals surface area contributed by atoms with Crippen molar-refractivity contribution in [1.29, 1.82) is 0 Å². The van der Waals surface area contributed by atoms with Crippen molar-refractivity contribution in [3.05, 3.63) is 78.4 Å². The summed E-state index contributed by atoms with van der Waals surface area (Å²) in [5.74, 6) is -0.137. The van der Waals surface area contributed by atoms with Gasteiger partial charge in [-0.25, -0.2) is 0 Å². The maximum Gasteiger partial charge on any atom is 0.254 e. The summed E-state index contributed by atoms with van der Waals surface area (Å²) in [5, 5.41) is 1.94. The average molecular weight is 344 g/mol. The quantitative estimate of drug-likeness (QED) is 0.727. The number of likely N-dealkylation sites (N-methyl/N-ethyl adjacent to an activating group) is 1. The monoisotopic (exact) mass is 344 g/mol. The van der Waals surface area contributed by atoms with Crippen LogP contribution >= 0.6 is 0 Å². The highest BCUT2D eigenvalue weighted by atomic mass is 16.2. The number of hydrogen-bond donors (Lipinski definition) is 0. The third-order valence-electron chi connectivity index (χ3n) is 5.05. The van der Waals surface area contributed by atoms with E-state index in [1.165, 1.54) is 0 Å². The van der Waals surface area contributed by atoms with Gasteiger partial charge in [-0.2, -0.15) is 0 Å². The summed E-state index contributed by atoms with van der Waals surface area (Å²) < 4.78 is 0. The molecule has 0 radical (unpaired) electrons. The molecule has 0 spiro atoms. The average Bonchev–Trinajstić information content (AvgIpc) is 3.08. The maximum atomic E-state index is 13.1. The third-order valence-corrected chi connectivity index (χ3v) is 5.05. The first kappa shape index (κ1) is 16.3. The van der Waals surface area contributed by atoms with Crippen LogP contribution in [0.2, 0.25) is 0 Å². The van der Waals surface area contributed by atoms with Crippen LogP contribution in [0.3, 0.4) is 0 Å². The molecule has 1 unspecified atom stereocenters. The SMILES string of the molecule is CN(C(=O)c1cccc2ccccc12)C1CCN(c2ccccc2)C1=O. The molecule has 0 bridgehead atoms. The van der Waals surface area contributed by atoms with Crippen molar-refractivity contribution in [3.8, 4) is 0 Å². The van der Waals surface area contributed by atoms with Crippen LogP contribution in [0.25, 0.3) is 10.8 Å². The third kappa shape index (κ3) is 2.73. The first-order valence-corrected chi connectivity index (χ1v) is 8.78. The molecule has 3 aromatic carbocycles. The minimum absolute atomic E-state index is 0.0210. The highest BCUT2D eigenvalue weighted by molar-refractivity contribution is 6.09. The number of anilines is 1. The fourth-order valence-corrected chi connectivity index (χ4v) is 3.63. The molecule has 1 saturated heterocycles. The molecule has 1 fully saturated rings. The van der Waals surface area contributed by atoms with Crippen molar-refractivity contribution < 1.29 is 9.59 Å². The molecular weight excluding hydrogens is 324 g/mol. The Morgan fingerprint density at radius 1 is 0.962 bits per heavy atom. The van der Waals surface area contributed by atoms with Gasteiger partial charge in [0.2, 0.25) is 5.91 Å². The van der Waals surface area contributed by atoms with Crippen LogP contribution in [0.5, 0.6) is 0 Å². The van der Waals surface area contributed by atoms with Gasteiger partial charge in [0.15, 0.2) is 0 Å². The fraction of sp³-hybridized carbons (Fsp3) is 0.182. The van der Waals surface area contributed by atoms with Crippen LogP contribution in [-0.2, 0) is 4.79 Å². The lowest BCUT2D eigenvalue weighted by molar-refractivity contribution is -0.120. The van der Waals surface area contributed by atoms with Gasteiger partial charge < -0.3 is 9.80 Å². The topological polar surface area (TPSA) is 40.6 Å². The second kappa shape index (κ2) is 6.64. The van der Waals surface area contributed by atoms with Crippen molar-refractivity contribution in [2.24, 2.45) is 0 Å². The molecule has 130 valence electrons. The number of nitrogens with zero attached hydrogens (tertiary/aromatic N) is 2. The van der Waals surface area contributed by atoms with Gasteiger partial charge in [0.05, 0.1) is 0 Å². The largest absolute Gasteiger partial charge is 0.330 e. The number of hydrogen-bond acceptors (Lipinski definition) is 2. The van der Waals surface area contributed by atoms with Crippen LogP contribution in [0.4, 0.5) is 5.69 Å². The number of amides is 2. The Labute approximate surface area is 152 Å². The lowest BCUT2D eigenvalue weighted by atomic mass is 10.0. The van der Waals surface area contributed by atoms with Crippen LogP contribution in [0, 0.1) is 0 Å². The molecule has 2 amide bonds. The summed E-state index contributed by atoms with van der Waals surface area (Å²) >= 11 is 0. The number of carbonyl (C=O) groups is 2. The van der Waals surface area contributed by atoms with E-state index in [1.807, 2.05) is 72.8 Å². The van der Waals surface area contributed by atoms with E-state index < -0.39 is 6.04 Å². The molecule has 1 aliphatic rings. The normalized spacial score (nSPS) is 16.9. The van der Waals surface area contributed by atoms with Gasteiger partial charge in [-0.05, 0) is 35.4 Å². The Kier molecular flexibility index (Phi) is 4.17. The molecule has 1 atom stereocenters. The standard InChI is InChI=1S/C22H20N2O2/c1-23(20-14-15-24(22(20)26)17-10-3-2-4-11-17)21(25)19-13-7-9-16-8-5-6-12-18(16)19/h2-13,20H,14-15H2,1H3. The van der Waals surface area contributed by atoms with Gasteiger partial charge in [0.25, 0.3) is 5.91 Å². The van der Waals surface area contributed by atoms with E-state index in [9.17, 15) is 9.59 Å². The van der Waals surface area contributed by atoms with Crippen molar-refractivity contribution in [3.63, 3.8) is 0 Å². The van der Waals surface area contributed by atoms with E-state index in [4.69, 9.17) is 0 Å². The highest BCUT2D eigenvalue weighted by Crippen LogP contribution is 2.26. The van der Waals surface area contributed by atoms with E-state index >= 15 is 0 Å². The molecule has 0 saturated carbocycles. The van der Waals surface area contributed by atoms with E-state index in [1.54, 1.807) is 16.8 Å². The van der Waals surface area contributed by atoms with Gasteiger partial charge in [-0.3, -0.25) is 9.59 Å². The first-order valence-electron chi connectivity index (χ1n) is 8.78. The minimum atomic E-state index is -0.429. The highest BCUT2D eigenvalue weighted by Gasteiger charge is 2.37. The van der Waals surface area contributed by atoms with Gasteiger partial charge >= 0.3 is 0 Å². The fourth-order valence-electron chi connectivity index (χ4n) is 3.63. The molecule has 0 N–H and O–H groups in total. The van der Waals surface area contributed by atoms with Gasteiger partial charge in [0, 0.05) is 24.8 Å². The van der Waals surface area contributed by atoms with Gasteiger partial charge in [-0.1, -0.05) is 54.6 Å². The number of fused-ring (bicyclic) bond motifs is 1. The van der Waals surface area contributed by atoms with Crippen LogP contribution < -0.4 is 4.90 Å². The molecule has 1 aliphatic heterocycles. The number of benzene rings is 3. The van der Waals surface area contributed by atoms with Gasteiger partial charge in [-0.15, -0.1) is 0 Å². The molecule has 1 heterocycles. The molecule has 4 heteroatoms. The van der Waals surface area contributed by atoms with E-state index in [2.05, 4.69) is 0 Å². The second-order valence-corrected chi connectivity index (χ2v) is 6.57. The zero-order valence-corrected chi connectivity index (χ0v) is 14.6. The van der Waals surface area contributed by atoms with Crippen LogP contribution in [0.1, 0.15) is 16.8 Å². The zero-order chi connectivity index (χ0) is 18.1. The smallest absolute Gasteiger partial charge is 0.254 e. The lowest BCUT2D eigenvalue weighted by Gasteiger charge is -2.24. The summed E-state index contributed by atoms with van der Waals surface area (Å²) in [4.78, 5) is 29.3. The van der Waals surface area contributed by atoms with Crippen molar-refractivity contribution in [2.75, 3.05) is 18.5 Å². The van der Waals surface area contributed by atoms with E-state index in [-0.39, 0.29) is 11.8 Å². The molecule has 3 aromatic rings. The Bertz CT molecular complexity index is 963. The first-order chi connectivity index (χ1) is 12.7. The van der Waals surface area contributed by atoms with Crippen molar-refractivity contribution >= 4 is 28.3 Å². The summed E-state index contributed by atoms with van der Waals surface area (Å²) in [5.41, 5.74) is 1.52. The van der Waals surface area contributed by atoms with Crippen molar-refractivity contribution in [1.82, 2.24) is 4.90 Å². The zero-order valence-electron chi connectivity index (χ0n) is 14.6. The Balaban J connectivity index is 1.60. The van der Waals surface area contributed by atoms with E-state index in [0.29, 0.717) is 18.5 Å². The lowest BCUT2D eigenvalue weighted by Crippen LogP contribution is -2.43. The molecular formula is C22H20N2O2. The van der Waals surface area contributed by atoms with E-state index in [0.717, 1.165) is 16.5 Å². The number of para-hydroxylation sites is 1. The Morgan fingerprint density at radius 2 is 1.65 bits per heavy atom. The predicted molar refractivity (Wildman–Crippen MR) is 103 cm³/mol. The van der Waals surface area contributed by atoms with Crippen molar-refractivity contribution in [2.45, 2.75) is 12.5 Å². The summed E-state index contributed by atoms with van der Waals surface area (Å²) in [6.07, 6.45) is 0.640. The summed E-state index contributed by atoms with van der Waals surface area (Å²) in [6.45, 7) is 0.626. The Hall–Kier alpha value is -3.14. The number of carbonyl (C=O) groups excluding carboxylic acids is 2. The summed E-state index contributed by atoms with van der Waals surface area (Å²) in [7, 11) is 1.72. The van der Waals surface area contributed by atoms with Crippen LogP contribution in [0.15, 0.2) is 72.8 Å². The Morgan fingerprint density at radius 3 is 2.46 bits per heavy atom. The molecule has 0 aliphatic carbocycles. The number of rotatable bonds is 3. The second-order valence-electron chi connectivity index (χ2n) is 6.57. The van der Waals surface area contributed by atoms with Gasteiger partial charge in [0.1, 0.15) is 6.04 Å². The minimum Gasteiger partial charge on any atom is -0.330 e. The molecule has 0 aromatic heterocycles. The molecule has 4 rings (SSSR count). The molecule has 26 heavy (non-hydrogen) atoms.